The van der Waals surface area contributed by atoms with Crippen LogP contribution in [0.2, 0.25) is 0 Å². The number of ketones is 4. The highest BCUT2D eigenvalue weighted by Crippen LogP contribution is 2.42. The predicted octanol–water partition coefficient (Wildman–Crippen LogP) is 1.38. The summed E-state index contributed by atoms with van der Waals surface area (Å²) >= 11 is 0. The van der Waals surface area contributed by atoms with Gasteiger partial charge in [0.05, 0.1) is 14.2 Å². The fourth-order valence-corrected chi connectivity index (χ4v) is 3.21. The first-order valence-corrected chi connectivity index (χ1v) is 9.61. The third-order valence-corrected chi connectivity index (χ3v) is 4.81. The largest absolute Gasteiger partial charge is 0.493 e. The van der Waals surface area contributed by atoms with Crippen molar-refractivity contribution in [2.45, 2.75) is 0 Å². The molecule has 0 atom stereocenters. The summed E-state index contributed by atoms with van der Waals surface area (Å²) in [5, 5.41) is 0. The van der Waals surface area contributed by atoms with E-state index < -0.39 is 36.3 Å². The second kappa shape index (κ2) is 9.17. The molecule has 0 radical (unpaired) electrons. The van der Waals surface area contributed by atoms with Crippen molar-refractivity contribution in [1.82, 2.24) is 0 Å². The van der Waals surface area contributed by atoms with Crippen LogP contribution in [0.1, 0.15) is 20.7 Å². The van der Waals surface area contributed by atoms with Gasteiger partial charge < -0.3 is 33.2 Å². The maximum Gasteiger partial charge on any atom is 0.231 e. The van der Waals surface area contributed by atoms with Crippen LogP contribution < -0.4 is 28.4 Å². The number of ether oxygens (including phenoxy) is 7. The topological polar surface area (TPSA) is 133 Å². The zero-order valence-electron chi connectivity index (χ0n) is 17.6. The average molecular weight is 458 g/mol. The van der Waals surface area contributed by atoms with E-state index in [9.17, 15) is 19.2 Å². The van der Waals surface area contributed by atoms with Crippen LogP contribution in [0.15, 0.2) is 24.3 Å². The standard InChI is InChI=1S/C22H18O11/c1-27-15-3-11(5-17-21(15)32-9-30-17)19(25)13(23)7-29-8-14(24)20(26)12-4-16(28-2)22-18(6-12)31-10-33-22/h3-6H,7-10H2,1-2H3. The van der Waals surface area contributed by atoms with Crippen molar-refractivity contribution in [3.63, 3.8) is 0 Å². The van der Waals surface area contributed by atoms with E-state index in [1.807, 2.05) is 0 Å². The van der Waals surface area contributed by atoms with Gasteiger partial charge in [0, 0.05) is 11.1 Å². The van der Waals surface area contributed by atoms with Crippen LogP contribution in [0.25, 0.3) is 0 Å². The Labute approximate surface area is 187 Å². The van der Waals surface area contributed by atoms with E-state index in [4.69, 9.17) is 33.2 Å². The van der Waals surface area contributed by atoms with Gasteiger partial charge in [0.1, 0.15) is 13.2 Å². The smallest absolute Gasteiger partial charge is 0.231 e. The van der Waals surface area contributed by atoms with Gasteiger partial charge in [0.25, 0.3) is 0 Å². The zero-order chi connectivity index (χ0) is 23.5. The number of Topliss-reactive ketones (excluding diaryl/α,β-unsaturated/α-hetero) is 4. The quantitative estimate of drug-likeness (QED) is 0.378. The van der Waals surface area contributed by atoms with Crippen molar-refractivity contribution < 1.29 is 52.3 Å². The molecule has 0 N–H and O–H groups in total. The molecule has 11 heteroatoms. The molecule has 0 aliphatic carbocycles. The molecule has 0 bridgehead atoms. The Morgan fingerprint density at radius 2 is 1.12 bits per heavy atom. The summed E-state index contributed by atoms with van der Waals surface area (Å²) in [4.78, 5) is 49.4. The molecule has 2 aromatic rings. The second-order valence-electron chi connectivity index (χ2n) is 6.82. The molecular formula is C22H18O11. The Hall–Kier alpha value is -4.12. The molecule has 11 nitrogen and oxygen atoms in total. The summed E-state index contributed by atoms with van der Waals surface area (Å²) in [6, 6.07) is 5.39. The van der Waals surface area contributed by atoms with E-state index in [-0.39, 0.29) is 47.7 Å². The molecule has 0 saturated heterocycles. The Morgan fingerprint density at radius 3 is 1.52 bits per heavy atom. The number of fused-ring (bicyclic) bond motifs is 2. The van der Waals surface area contributed by atoms with Gasteiger partial charge in [-0.2, -0.15) is 0 Å². The lowest BCUT2D eigenvalue weighted by atomic mass is 10.1. The van der Waals surface area contributed by atoms with E-state index in [0.29, 0.717) is 11.5 Å². The van der Waals surface area contributed by atoms with Gasteiger partial charge in [-0.3, -0.25) is 19.2 Å². The highest BCUT2D eigenvalue weighted by atomic mass is 16.7. The molecule has 2 aliphatic heterocycles. The molecular weight excluding hydrogens is 440 g/mol. The molecule has 2 heterocycles. The first kappa shape index (κ1) is 22.1. The highest BCUT2D eigenvalue weighted by molar-refractivity contribution is 6.45. The third-order valence-electron chi connectivity index (χ3n) is 4.81. The van der Waals surface area contributed by atoms with Crippen LogP contribution >= 0.6 is 0 Å². The van der Waals surface area contributed by atoms with E-state index in [2.05, 4.69) is 0 Å². The van der Waals surface area contributed by atoms with Gasteiger partial charge in [-0.05, 0) is 24.3 Å². The SMILES string of the molecule is COc1cc(C(=O)C(=O)COCC(=O)C(=O)c2cc(OC)c3c(c2)OCO3)cc2c1OCO2. The number of carbonyl (C=O) groups is 4. The van der Waals surface area contributed by atoms with Crippen LogP contribution in [-0.4, -0.2) is 64.2 Å². The minimum atomic E-state index is -0.916. The van der Waals surface area contributed by atoms with Crippen LogP contribution in [0, 0.1) is 0 Å². The van der Waals surface area contributed by atoms with Crippen LogP contribution in [0.4, 0.5) is 0 Å². The van der Waals surface area contributed by atoms with E-state index in [1.54, 1.807) is 0 Å². The molecule has 2 aliphatic rings. The van der Waals surface area contributed by atoms with Crippen molar-refractivity contribution in [3.8, 4) is 34.5 Å². The van der Waals surface area contributed by atoms with Crippen molar-refractivity contribution >= 4 is 23.1 Å². The number of hydrogen-bond acceptors (Lipinski definition) is 11. The van der Waals surface area contributed by atoms with Crippen molar-refractivity contribution in [2.75, 3.05) is 41.0 Å². The van der Waals surface area contributed by atoms with Gasteiger partial charge >= 0.3 is 0 Å². The summed E-state index contributed by atoms with van der Waals surface area (Å²) in [6.45, 7) is -1.46. The fraction of sp³-hybridized carbons (Fsp3) is 0.273. The molecule has 0 amide bonds. The Kier molecular flexibility index (Phi) is 6.13. The number of hydrogen-bond donors (Lipinski definition) is 0. The fourth-order valence-electron chi connectivity index (χ4n) is 3.21. The first-order chi connectivity index (χ1) is 15.9. The number of carbonyl (C=O) groups excluding carboxylic acids is 4. The monoisotopic (exact) mass is 458 g/mol. The predicted molar refractivity (Wildman–Crippen MR) is 108 cm³/mol. The van der Waals surface area contributed by atoms with E-state index >= 15 is 0 Å². The second-order valence-corrected chi connectivity index (χ2v) is 6.82. The van der Waals surface area contributed by atoms with Crippen LogP contribution in [0.5, 0.6) is 34.5 Å². The van der Waals surface area contributed by atoms with Gasteiger partial charge in [0.2, 0.25) is 48.2 Å². The lowest BCUT2D eigenvalue weighted by Crippen LogP contribution is -2.25. The molecule has 2 aromatic carbocycles. The number of rotatable bonds is 10. The highest BCUT2D eigenvalue weighted by Gasteiger charge is 2.27. The maximum absolute atomic E-state index is 12.4. The minimum absolute atomic E-state index is 0.0135. The summed E-state index contributed by atoms with van der Waals surface area (Å²) < 4.78 is 36.3. The third kappa shape index (κ3) is 4.30. The van der Waals surface area contributed by atoms with E-state index in [0.717, 1.165) is 0 Å². The zero-order valence-corrected chi connectivity index (χ0v) is 17.6. The summed E-state index contributed by atoms with van der Waals surface area (Å²) in [5.74, 6) is -1.88. The normalized spacial score (nSPS) is 12.9. The average Bonchev–Trinajstić information content (AvgIpc) is 3.50. The first-order valence-electron chi connectivity index (χ1n) is 9.61. The minimum Gasteiger partial charge on any atom is -0.493 e. The van der Waals surface area contributed by atoms with Crippen molar-refractivity contribution in [2.24, 2.45) is 0 Å². The van der Waals surface area contributed by atoms with Crippen LogP contribution in [-0.2, 0) is 14.3 Å². The summed E-state index contributed by atoms with van der Waals surface area (Å²) in [5.41, 5.74) is 0.0270. The maximum atomic E-state index is 12.4. The number of benzene rings is 2. The van der Waals surface area contributed by atoms with Crippen LogP contribution in [0.3, 0.4) is 0 Å². The molecule has 0 fully saturated rings. The van der Waals surface area contributed by atoms with Gasteiger partial charge in [-0.1, -0.05) is 0 Å². The Balaban J connectivity index is 1.36. The molecule has 33 heavy (non-hydrogen) atoms. The Morgan fingerprint density at radius 1 is 0.697 bits per heavy atom. The number of methoxy groups -OCH3 is 2. The molecule has 0 aromatic heterocycles. The summed E-state index contributed by atoms with van der Waals surface area (Å²) in [7, 11) is 2.77. The van der Waals surface area contributed by atoms with E-state index in [1.165, 1.54) is 38.5 Å². The molecule has 0 unspecified atom stereocenters. The Bertz CT molecular complexity index is 1060. The lowest BCUT2D eigenvalue weighted by Gasteiger charge is -2.08. The van der Waals surface area contributed by atoms with Crippen molar-refractivity contribution in [3.05, 3.63) is 35.4 Å². The van der Waals surface area contributed by atoms with Gasteiger partial charge in [-0.25, -0.2) is 0 Å². The molecule has 0 spiro atoms. The summed E-state index contributed by atoms with van der Waals surface area (Å²) in [6.07, 6.45) is 0. The molecule has 0 saturated carbocycles. The molecule has 4 rings (SSSR count). The lowest BCUT2D eigenvalue weighted by molar-refractivity contribution is -0.124. The van der Waals surface area contributed by atoms with Gasteiger partial charge in [0.15, 0.2) is 23.0 Å². The van der Waals surface area contributed by atoms with Gasteiger partial charge in [-0.15, -0.1) is 0 Å². The molecule has 172 valence electrons. The van der Waals surface area contributed by atoms with Crippen molar-refractivity contribution in [1.29, 1.82) is 0 Å².